The predicted molar refractivity (Wildman–Crippen MR) is 90.8 cm³/mol. The largest absolute Gasteiger partial charge is 0.449 e. The summed E-state index contributed by atoms with van der Waals surface area (Å²) in [7, 11) is 0. The van der Waals surface area contributed by atoms with Crippen LogP contribution in [0.1, 0.15) is 17.3 Å². The molecule has 0 spiro atoms. The summed E-state index contributed by atoms with van der Waals surface area (Å²) in [6.45, 7) is 1.45. The van der Waals surface area contributed by atoms with Gasteiger partial charge in [0.1, 0.15) is 0 Å². The fourth-order valence-corrected chi connectivity index (χ4v) is 2.16. The van der Waals surface area contributed by atoms with Crippen LogP contribution in [0.5, 0.6) is 0 Å². The van der Waals surface area contributed by atoms with Crippen LogP contribution in [-0.2, 0) is 9.53 Å². The Kier molecular flexibility index (Phi) is 5.47. The Morgan fingerprint density at radius 2 is 1.87 bits per heavy atom. The lowest BCUT2D eigenvalue weighted by Crippen LogP contribution is -2.30. The van der Waals surface area contributed by atoms with Crippen LogP contribution >= 0.6 is 23.2 Å². The van der Waals surface area contributed by atoms with E-state index in [0.717, 1.165) is 0 Å². The SMILES string of the molecule is C[C@H](OC(=O)c1ccc(Cl)cc1N)C(=O)Nc1ccccc1Cl. The first-order valence-electron chi connectivity index (χ1n) is 6.70. The van der Waals surface area contributed by atoms with Crippen LogP contribution in [-0.4, -0.2) is 18.0 Å². The maximum Gasteiger partial charge on any atom is 0.341 e. The monoisotopic (exact) mass is 352 g/mol. The van der Waals surface area contributed by atoms with Gasteiger partial charge in [-0.1, -0.05) is 35.3 Å². The molecule has 0 bridgehead atoms. The van der Waals surface area contributed by atoms with Crippen molar-refractivity contribution in [2.24, 2.45) is 0 Å². The number of anilines is 2. The van der Waals surface area contributed by atoms with E-state index in [-0.39, 0.29) is 11.3 Å². The molecule has 120 valence electrons. The third kappa shape index (κ3) is 4.37. The first-order valence-corrected chi connectivity index (χ1v) is 7.45. The zero-order valence-electron chi connectivity index (χ0n) is 12.2. The van der Waals surface area contributed by atoms with Crippen molar-refractivity contribution in [2.45, 2.75) is 13.0 Å². The Balaban J connectivity index is 2.03. The molecule has 2 aromatic carbocycles. The van der Waals surface area contributed by atoms with E-state index in [1.165, 1.54) is 25.1 Å². The van der Waals surface area contributed by atoms with Crippen molar-refractivity contribution in [1.29, 1.82) is 0 Å². The van der Waals surface area contributed by atoms with E-state index in [2.05, 4.69) is 5.32 Å². The zero-order chi connectivity index (χ0) is 17.0. The van der Waals surface area contributed by atoms with Gasteiger partial charge in [0, 0.05) is 10.7 Å². The van der Waals surface area contributed by atoms with Crippen LogP contribution < -0.4 is 11.1 Å². The minimum absolute atomic E-state index is 0.145. The van der Waals surface area contributed by atoms with E-state index in [0.29, 0.717) is 15.7 Å². The number of amides is 1. The number of carbonyl (C=O) groups is 2. The first-order chi connectivity index (χ1) is 10.9. The van der Waals surface area contributed by atoms with Gasteiger partial charge in [-0.2, -0.15) is 0 Å². The van der Waals surface area contributed by atoms with Crippen molar-refractivity contribution in [2.75, 3.05) is 11.1 Å². The van der Waals surface area contributed by atoms with Crippen LogP contribution in [0.25, 0.3) is 0 Å². The highest BCUT2D eigenvalue weighted by Crippen LogP contribution is 2.22. The molecule has 0 aliphatic rings. The Morgan fingerprint density at radius 1 is 1.17 bits per heavy atom. The van der Waals surface area contributed by atoms with E-state index in [1.807, 2.05) is 0 Å². The van der Waals surface area contributed by atoms with E-state index in [1.54, 1.807) is 24.3 Å². The summed E-state index contributed by atoms with van der Waals surface area (Å²) < 4.78 is 5.11. The van der Waals surface area contributed by atoms with Crippen LogP contribution in [0.4, 0.5) is 11.4 Å². The number of rotatable bonds is 4. The second kappa shape index (κ2) is 7.35. The molecule has 0 aliphatic carbocycles. The minimum atomic E-state index is -1.02. The molecule has 0 radical (unpaired) electrons. The molecule has 2 aromatic rings. The number of nitrogens with two attached hydrogens (primary N) is 1. The number of nitrogens with one attached hydrogen (secondary N) is 1. The third-order valence-corrected chi connectivity index (χ3v) is 3.58. The molecule has 0 fully saturated rings. The average molecular weight is 353 g/mol. The van der Waals surface area contributed by atoms with Gasteiger partial charge in [0.25, 0.3) is 5.91 Å². The second-order valence-corrected chi connectivity index (χ2v) is 5.59. The van der Waals surface area contributed by atoms with Gasteiger partial charge in [-0.25, -0.2) is 4.79 Å². The standard InChI is InChI=1S/C16H14Cl2N2O3/c1-9(15(21)20-14-5-3-2-4-12(14)18)23-16(22)11-7-6-10(17)8-13(11)19/h2-9H,19H2,1H3,(H,20,21)/t9-/m0/s1. The molecule has 2 rings (SSSR count). The quantitative estimate of drug-likeness (QED) is 0.648. The summed E-state index contributed by atoms with van der Waals surface area (Å²) >= 11 is 11.7. The van der Waals surface area contributed by atoms with Crippen LogP contribution in [0.2, 0.25) is 10.0 Å². The summed E-state index contributed by atoms with van der Waals surface area (Å²) in [5.74, 6) is -1.21. The Bertz CT molecular complexity index is 750. The van der Waals surface area contributed by atoms with Crippen molar-refractivity contribution in [1.82, 2.24) is 0 Å². The van der Waals surface area contributed by atoms with Gasteiger partial charge < -0.3 is 15.8 Å². The van der Waals surface area contributed by atoms with E-state index in [9.17, 15) is 9.59 Å². The van der Waals surface area contributed by atoms with Crippen molar-refractivity contribution in [3.05, 3.63) is 58.1 Å². The molecule has 23 heavy (non-hydrogen) atoms. The summed E-state index contributed by atoms with van der Waals surface area (Å²) in [4.78, 5) is 24.1. The summed E-state index contributed by atoms with van der Waals surface area (Å²) in [6, 6.07) is 11.2. The molecule has 1 atom stereocenters. The number of benzene rings is 2. The summed E-state index contributed by atoms with van der Waals surface area (Å²) in [5.41, 5.74) is 6.48. The first kappa shape index (κ1) is 17.1. The number of hydrogen-bond donors (Lipinski definition) is 2. The lowest BCUT2D eigenvalue weighted by atomic mass is 10.2. The molecule has 0 unspecified atom stereocenters. The van der Waals surface area contributed by atoms with Crippen molar-refractivity contribution in [3.63, 3.8) is 0 Å². The Hall–Kier alpha value is -2.24. The van der Waals surface area contributed by atoms with E-state index in [4.69, 9.17) is 33.7 Å². The molecule has 0 saturated carbocycles. The number of ether oxygens (including phenoxy) is 1. The number of halogens is 2. The molecular weight excluding hydrogens is 339 g/mol. The van der Waals surface area contributed by atoms with Crippen LogP contribution in [0.15, 0.2) is 42.5 Å². The van der Waals surface area contributed by atoms with Crippen molar-refractivity contribution >= 4 is 46.5 Å². The topological polar surface area (TPSA) is 81.4 Å². The van der Waals surface area contributed by atoms with Gasteiger partial charge in [-0.3, -0.25) is 4.79 Å². The molecule has 7 heteroatoms. The van der Waals surface area contributed by atoms with Crippen LogP contribution in [0, 0.1) is 0 Å². The molecule has 0 aliphatic heterocycles. The highest BCUT2D eigenvalue weighted by atomic mass is 35.5. The summed E-state index contributed by atoms with van der Waals surface area (Å²) in [5, 5.41) is 3.39. The molecule has 0 saturated heterocycles. The van der Waals surface area contributed by atoms with Gasteiger partial charge >= 0.3 is 5.97 Å². The number of carbonyl (C=O) groups excluding carboxylic acids is 2. The fourth-order valence-electron chi connectivity index (χ4n) is 1.79. The third-order valence-electron chi connectivity index (χ3n) is 3.02. The van der Waals surface area contributed by atoms with Gasteiger partial charge in [0.2, 0.25) is 0 Å². The number of esters is 1. The average Bonchev–Trinajstić information content (AvgIpc) is 2.49. The molecule has 5 nitrogen and oxygen atoms in total. The summed E-state index contributed by atoms with van der Waals surface area (Å²) in [6.07, 6.45) is -1.02. The van der Waals surface area contributed by atoms with Gasteiger partial charge in [-0.15, -0.1) is 0 Å². The van der Waals surface area contributed by atoms with E-state index < -0.39 is 18.0 Å². The maximum absolute atomic E-state index is 12.1. The van der Waals surface area contributed by atoms with Crippen LogP contribution in [0.3, 0.4) is 0 Å². The predicted octanol–water partition coefficient (Wildman–Crippen LogP) is 3.76. The second-order valence-electron chi connectivity index (χ2n) is 4.75. The number of nitrogen functional groups attached to an aromatic ring is 1. The molecule has 0 heterocycles. The van der Waals surface area contributed by atoms with Gasteiger partial charge in [-0.05, 0) is 37.3 Å². The van der Waals surface area contributed by atoms with Gasteiger partial charge in [0.15, 0.2) is 6.10 Å². The number of para-hydroxylation sites is 1. The smallest absolute Gasteiger partial charge is 0.341 e. The Morgan fingerprint density at radius 3 is 2.52 bits per heavy atom. The number of hydrogen-bond acceptors (Lipinski definition) is 4. The van der Waals surface area contributed by atoms with Crippen molar-refractivity contribution in [3.8, 4) is 0 Å². The van der Waals surface area contributed by atoms with Gasteiger partial charge in [0.05, 0.1) is 16.3 Å². The Labute approximate surface area is 143 Å². The highest BCUT2D eigenvalue weighted by molar-refractivity contribution is 6.33. The molecule has 1 amide bonds. The lowest BCUT2D eigenvalue weighted by Gasteiger charge is -2.15. The molecule has 0 aromatic heterocycles. The van der Waals surface area contributed by atoms with Crippen molar-refractivity contribution < 1.29 is 14.3 Å². The lowest BCUT2D eigenvalue weighted by molar-refractivity contribution is -0.123. The molecular formula is C16H14Cl2N2O3. The molecule has 3 N–H and O–H groups in total. The van der Waals surface area contributed by atoms with E-state index >= 15 is 0 Å². The highest BCUT2D eigenvalue weighted by Gasteiger charge is 2.21. The normalized spacial score (nSPS) is 11.6. The fraction of sp³-hybridized carbons (Fsp3) is 0.125. The zero-order valence-corrected chi connectivity index (χ0v) is 13.7. The maximum atomic E-state index is 12.1. The minimum Gasteiger partial charge on any atom is -0.449 e.